The number of hydrogen-bond donors (Lipinski definition) is 1. The minimum absolute atomic E-state index is 0. The van der Waals surface area contributed by atoms with E-state index >= 15 is 0 Å². The zero-order valence-corrected chi connectivity index (χ0v) is 18.2. The van der Waals surface area contributed by atoms with Crippen molar-refractivity contribution >= 4 is 34.2 Å². The van der Waals surface area contributed by atoms with Crippen molar-refractivity contribution in [2.75, 3.05) is 30.3 Å². The van der Waals surface area contributed by atoms with Crippen LogP contribution in [-0.2, 0) is 5.72 Å². The van der Waals surface area contributed by atoms with Gasteiger partial charge in [0, 0.05) is 16.3 Å². The summed E-state index contributed by atoms with van der Waals surface area (Å²) >= 11 is 7.84. The minimum Gasteiger partial charge on any atom is -1.00 e. The van der Waals surface area contributed by atoms with Crippen molar-refractivity contribution in [2.45, 2.75) is 19.1 Å². The lowest BCUT2D eigenvalue weighted by molar-refractivity contribution is -0.656. The predicted molar refractivity (Wildman–Crippen MR) is 108 cm³/mol. The normalized spacial score (nSPS) is 21.7. The second-order valence-electron chi connectivity index (χ2n) is 6.47. The summed E-state index contributed by atoms with van der Waals surface area (Å²) in [4.78, 5) is 2.20. The molecule has 0 bridgehead atoms. The lowest BCUT2D eigenvalue weighted by Crippen LogP contribution is -3.00. The molecule has 1 unspecified atom stereocenters. The van der Waals surface area contributed by atoms with Crippen LogP contribution in [0.1, 0.15) is 18.9 Å². The molecule has 0 aliphatic carbocycles. The van der Waals surface area contributed by atoms with Crippen molar-refractivity contribution in [2.24, 2.45) is 0 Å². The van der Waals surface area contributed by atoms with Crippen LogP contribution in [0.5, 0.6) is 5.75 Å². The molecule has 0 aromatic heterocycles. The Morgan fingerprint density at radius 3 is 2.56 bits per heavy atom. The van der Waals surface area contributed by atoms with E-state index in [1.54, 1.807) is 11.8 Å². The monoisotopic (exact) mass is 468 g/mol. The van der Waals surface area contributed by atoms with E-state index in [-0.39, 0.29) is 17.0 Å². The largest absolute Gasteiger partial charge is 1.00 e. The smallest absolute Gasteiger partial charge is 0.316 e. The van der Waals surface area contributed by atoms with E-state index in [9.17, 15) is 5.11 Å². The molecule has 144 valence electrons. The Balaban J connectivity index is 0.00000210. The highest BCUT2D eigenvalue weighted by molar-refractivity contribution is 8.13. The number of aliphatic hydroxyl groups is 1. The van der Waals surface area contributed by atoms with Gasteiger partial charge >= 0.3 is 5.17 Å². The van der Waals surface area contributed by atoms with E-state index in [1.165, 1.54) is 0 Å². The molecule has 1 N–H and O–H groups in total. The fourth-order valence-electron chi connectivity index (χ4n) is 3.55. The van der Waals surface area contributed by atoms with Crippen molar-refractivity contribution in [1.82, 2.24) is 0 Å². The fraction of sp³-hybridized carbons (Fsp3) is 0.350. The summed E-state index contributed by atoms with van der Waals surface area (Å²) in [5.74, 6) is 1.93. The van der Waals surface area contributed by atoms with Crippen LogP contribution in [0.25, 0.3) is 0 Å². The third kappa shape index (κ3) is 3.86. The molecule has 1 atom stereocenters. The van der Waals surface area contributed by atoms with Crippen LogP contribution in [0.4, 0.5) is 5.69 Å². The molecule has 0 fully saturated rings. The quantitative estimate of drug-likeness (QED) is 0.676. The average Bonchev–Trinajstić information content (AvgIpc) is 2.98. The van der Waals surface area contributed by atoms with Gasteiger partial charge in [0.25, 0.3) is 5.72 Å². The molecule has 2 aromatic rings. The minimum atomic E-state index is -1.05. The summed E-state index contributed by atoms with van der Waals surface area (Å²) in [6.07, 6.45) is 1.06. The van der Waals surface area contributed by atoms with Crippen molar-refractivity contribution in [1.29, 1.82) is 0 Å². The van der Waals surface area contributed by atoms with Gasteiger partial charge in [-0.1, -0.05) is 23.7 Å². The first kappa shape index (κ1) is 20.5. The van der Waals surface area contributed by atoms with Gasteiger partial charge in [-0.25, -0.2) is 9.48 Å². The molecule has 2 aliphatic rings. The third-order valence-electron chi connectivity index (χ3n) is 4.81. The van der Waals surface area contributed by atoms with Gasteiger partial charge < -0.3 is 26.8 Å². The van der Waals surface area contributed by atoms with Crippen molar-refractivity contribution in [3.8, 4) is 5.75 Å². The second kappa shape index (κ2) is 8.43. The standard InChI is InChI=1S/C20H22ClN2O2S.BrH/c1-2-25-18-10-8-17(9-11-18)22-14-20(24,15-4-6-16(21)7-5-15)23-12-3-13-26-19(22)23;/h4-11,24H,2-3,12-14H2,1H3;1H/q+1;/p-1. The van der Waals surface area contributed by atoms with Crippen LogP contribution < -0.4 is 26.6 Å². The van der Waals surface area contributed by atoms with Crippen LogP contribution in [0.15, 0.2) is 48.5 Å². The Hall–Kier alpha value is -1.21. The fourth-order valence-corrected chi connectivity index (χ4v) is 4.86. The first-order valence-electron chi connectivity index (χ1n) is 8.88. The molecule has 7 heteroatoms. The summed E-state index contributed by atoms with van der Waals surface area (Å²) in [6, 6.07) is 15.6. The number of anilines is 1. The number of amidine groups is 1. The Labute approximate surface area is 179 Å². The highest BCUT2D eigenvalue weighted by Gasteiger charge is 2.53. The zero-order chi connectivity index (χ0) is 18.1. The van der Waals surface area contributed by atoms with Crippen LogP contribution in [0, 0.1) is 0 Å². The molecule has 4 nitrogen and oxygen atoms in total. The first-order valence-corrected chi connectivity index (χ1v) is 10.2. The van der Waals surface area contributed by atoms with Gasteiger partial charge in [-0.15, -0.1) is 0 Å². The average molecular weight is 470 g/mol. The maximum Gasteiger partial charge on any atom is 0.316 e. The van der Waals surface area contributed by atoms with Gasteiger partial charge in [-0.3, -0.25) is 0 Å². The van der Waals surface area contributed by atoms with Gasteiger partial charge in [-0.2, -0.15) is 0 Å². The lowest BCUT2D eigenvalue weighted by Gasteiger charge is -2.24. The molecule has 0 saturated carbocycles. The third-order valence-corrected chi connectivity index (χ3v) is 6.25. The van der Waals surface area contributed by atoms with Gasteiger partial charge in [0.2, 0.25) is 0 Å². The number of hydrogen-bond acceptors (Lipinski definition) is 4. The Morgan fingerprint density at radius 2 is 1.89 bits per heavy atom. The molecular formula is C20H22BrClN2O2S. The molecule has 0 spiro atoms. The topological polar surface area (TPSA) is 35.7 Å². The molecule has 2 aliphatic heterocycles. The predicted octanol–water partition coefficient (Wildman–Crippen LogP) is 0.913. The Bertz CT molecular complexity index is 829. The molecule has 2 heterocycles. The highest BCUT2D eigenvalue weighted by atomic mass is 79.9. The molecular weight excluding hydrogens is 448 g/mol. The number of halogens is 2. The first-order chi connectivity index (χ1) is 12.6. The van der Waals surface area contributed by atoms with E-state index < -0.39 is 5.72 Å². The molecule has 0 saturated heterocycles. The van der Waals surface area contributed by atoms with E-state index in [0.29, 0.717) is 18.2 Å². The number of nitrogens with zero attached hydrogens (tertiary/aromatic N) is 2. The second-order valence-corrected chi connectivity index (χ2v) is 7.97. The lowest BCUT2D eigenvalue weighted by atomic mass is 10.0. The molecule has 2 aromatic carbocycles. The van der Waals surface area contributed by atoms with Gasteiger partial charge in [0.1, 0.15) is 11.4 Å². The van der Waals surface area contributed by atoms with Crippen molar-refractivity contribution in [3.05, 3.63) is 59.1 Å². The molecule has 0 radical (unpaired) electrons. The molecule has 4 rings (SSSR count). The van der Waals surface area contributed by atoms with E-state index in [1.807, 2.05) is 43.3 Å². The summed E-state index contributed by atoms with van der Waals surface area (Å²) in [5, 5.41) is 13.4. The summed E-state index contributed by atoms with van der Waals surface area (Å²) < 4.78 is 7.67. The molecule has 0 amide bonds. The molecule has 27 heavy (non-hydrogen) atoms. The Morgan fingerprint density at radius 1 is 1.19 bits per heavy atom. The number of β-amino-alcohol motifs (C(OH)–C–C–N with tert-alkyl or cyclic N) is 1. The number of thioether (sulfide) groups is 1. The summed E-state index contributed by atoms with van der Waals surface area (Å²) in [5.41, 5.74) is 0.884. The highest BCUT2D eigenvalue weighted by Crippen LogP contribution is 2.38. The van der Waals surface area contributed by atoms with Gasteiger partial charge in [-0.05, 0) is 61.5 Å². The van der Waals surface area contributed by atoms with Crippen LogP contribution in [-0.4, -0.2) is 40.3 Å². The van der Waals surface area contributed by atoms with Crippen molar-refractivity contribution < 1.29 is 31.4 Å². The maximum atomic E-state index is 11.6. The van der Waals surface area contributed by atoms with Crippen LogP contribution >= 0.6 is 23.4 Å². The SMILES string of the molecule is CCOc1ccc(N2CC(O)(c3ccc(Cl)cc3)[N+]3=C2SCCC3)cc1.[Br-]. The van der Waals surface area contributed by atoms with Crippen LogP contribution in [0.3, 0.4) is 0 Å². The van der Waals surface area contributed by atoms with E-state index in [0.717, 1.165) is 40.9 Å². The zero-order valence-electron chi connectivity index (χ0n) is 15.1. The van der Waals surface area contributed by atoms with Crippen molar-refractivity contribution in [3.63, 3.8) is 0 Å². The van der Waals surface area contributed by atoms with E-state index in [4.69, 9.17) is 16.3 Å². The summed E-state index contributed by atoms with van der Waals surface area (Å²) in [7, 11) is 0. The van der Waals surface area contributed by atoms with Gasteiger partial charge in [0.05, 0.1) is 13.2 Å². The van der Waals surface area contributed by atoms with E-state index in [2.05, 4.69) is 21.6 Å². The van der Waals surface area contributed by atoms with Crippen LogP contribution in [0.2, 0.25) is 5.02 Å². The number of ether oxygens (including phenoxy) is 1. The summed E-state index contributed by atoms with van der Waals surface area (Å²) in [6.45, 7) is 3.97. The Kier molecular flexibility index (Phi) is 6.41. The maximum absolute atomic E-state index is 11.6. The number of benzene rings is 2. The number of rotatable bonds is 4. The van der Waals surface area contributed by atoms with Gasteiger partial charge in [0.15, 0.2) is 6.54 Å².